The monoisotopic (exact) mass is 244 g/mol. The van der Waals surface area contributed by atoms with Gasteiger partial charge in [-0.05, 0) is 6.92 Å². The van der Waals surface area contributed by atoms with E-state index in [0.29, 0.717) is 10.9 Å². The molecule has 0 unspecified atom stereocenters. The van der Waals surface area contributed by atoms with E-state index in [1.54, 1.807) is 21.8 Å². The second kappa shape index (κ2) is 3.87. The molecular formula is C9H10Cl2N4. The van der Waals surface area contributed by atoms with E-state index >= 15 is 0 Å². The number of aromatic nitrogens is 4. The van der Waals surface area contributed by atoms with Gasteiger partial charge in [-0.3, -0.25) is 4.68 Å². The second-order valence-corrected chi connectivity index (χ2v) is 3.95. The summed E-state index contributed by atoms with van der Waals surface area (Å²) in [4.78, 5) is 0. The molecule has 0 atom stereocenters. The quantitative estimate of drug-likeness (QED) is 0.761. The van der Waals surface area contributed by atoms with E-state index in [0.717, 1.165) is 17.1 Å². The molecule has 15 heavy (non-hydrogen) atoms. The first kappa shape index (κ1) is 10.5. The van der Waals surface area contributed by atoms with Crippen LogP contribution < -0.4 is 0 Å². The Bertz CT molecular complexity index is 486. The number of rotatable bonds is 2. The molecule has 0 fully saturated rings. The van der Waals surface area contributed by atoms with E-state index in [2.05, 4.69) is 10.2 Å². The van der Waals surface area contributed by atoms with Crippen LogP contribution in [0, 0.1) is 6.92 Å². The van der Waals surface area contributed by atoms with Gasteiger partial charge in [0.2, 0.25) is 0 Å². The van der Waals surface area contributed by atoms with Crippen LogP contribution in [-0.2, 0) is 12.9 Å². The predicted octanol–water partition coefficient (Wildman–Crippen LogP) is 2.31. The average Bonchev–Trinajstić information content (AvgIpc) is 2.70. The molecule has 0 aliphatic heterocycles. The Balaban J connectivity index is 2.61. The normalized spacial score (nSPS) is 10.9. The van der Waals surface area contributed by atoms with Gasteiger partial charge in [-0.25, -0.2) is 4.68 Å². The van der Waals surface area contributed by atoms with Gasteiger partial charge in [0.05, 0.1) is 29.0 Å². The lowest BCUT2D eigenvalue weighted by Crippen LogP contribution is -2.04. The summed E-state index contributed by atoms with van der Waals surface area (Å²) in [5, 5.41) is 9.02. The summed E-state index contributed by atoms with van der Waals surface area (Å²) in [5.41, 5.74) is 1.88. The third-order valence-electron chi connectivity index (χ3n) is 2.21. The van der Waals surface area contributed by atoms with Crippen molar-refractivity contribution in [2.45, 2.75) is 12.8 Å². The zero-order chi connectivity index (χ0) is 11.0. The summed E-state index contributed by atoms with van der Waals surface area (Å²) < 4.78 is 3.43. The van der Waals surface area contributed by atoms with Crippen molar-refractivity contribution in [3.8, 4) is 5.82 Å². The molecule has 80 valence electrons. The first-order chi connectivity index (χ1) is 7.13. The van der Waals surface area contributed by atoms with Crippen LogP contribution in [0.5, 0.6) is 0 Å². The Hall–Kier alpha value is -1.00. The van der Waals surface area contributed by atoms with E-state index in [1.165, 1.54) is 0 Å². The highest BCUT2D eigenvalue weighted by Gasteiger charge is 2.14. The minimum absolute atomic E-state index is 0.409. The summed E-state index contributed by atoms with van der Waals surface area (Å²) in [6.07, 6.45) is 3.32. The molecule has 0 saturated carbocycles. The number of aryl methyl sites for hydroxylation is 2. The Morgan fingerprint density at radius 3 is 2.73 bits per heavy atom. The maximum atomic E-state index is 5.88. The minimum atomic E-state index is 0.409. The van der Waals surface area contributed by atoms with Crippen molar-refractivity contribution in [3.63, 3.8) is 0 Å². The average molecular weight is 245 g/mol. The molecule has 4 nitrogen and oxygen atoms in total. The smallest absolute Gasteiger partial charge is 0.156 e. The number of hydrogen-bond acceptors (Lipinski definition) is 2. The van der Waals surface area contributed by atoms with Gasteiger partial charge in [0.1, 0.15) is 0 Å². The lowest BCUT2D eigenvalue weighted by Gasteiger charge is -2.03. The van der Waals surface area contributed by atoms with Gasteiger partial charge < -0.3 is 0 Å². The first-order valence-corrected chi connectivity index (χ1v) is 5.33. The Kier molecular flexibility index (Phi) is 2.71. The van der Waals surface area contributed by atoms with Crippen LogP contribution in [0.2, 0.25) is 5.02 Å². The predicted molar refractivity (Wildman–Crippen MR) is 59.6 cm³/mol. The molecule has 0 N–H and O–H groups in total. The maximum absolute atomic E-state index is 5.88. The molecule has 0 amide bonds. The summed E-state index contributed by atoms with van der Waals surface area (Å²) >= 11 is 11.7. The fourth-order valence-electron chi connectivity index (χ4n) is 1.55. The Morgan fingerprint density at radius 1 is 1.47 bits per heavy atom. The van der Waals surface area contributed by atoms with Crippen molar-refractivity contribution in [1.29, 1.82) is 0 Å². The van der Waals surface area contributed by atoms with Gasteiger partial charge in [0.25, 0.3) is 0 Å². The molecule has 0 aliphatic carbocycles. The van der Waals surface area contributed by atoms with Gasteiger partial charge in [-0.15, -0.1) is 11.6 Å². The molecule has 0 aromatic carbocycles. The molecule has 2 rings (SSSR count). The van der Waals surface area contributed by atoms with E-state index in [4.69, 9.17) is 23.2 Å². The number of alkyl halides is 1. The highest BCUT2D eigenvalue weighted by molar-refractivity contribution is 6.30. The SMILES string of the molecule is Cc1nn(C)c(-n2cc(Cl)cn2)c1CCl. The van der Waals surface area contributed by atoms with Gasteiger partial charge in [-0.2, -0.15) is 10.2 Å². The number of halogens is 2. The van der Waals surface area contributed by atoms with Crippen LogP contribution in [0.1, 0.15) is 11.3 Å². The van der Waals surface area contributed by atoms with Gasteiger partial charge >= 0.3 is 0 Å². The fraction of sp³-hybridized carbons (Fsp3) is 0.333. The molecule has 0 saturated heterocycles. The molecule has 0 aliphatic rings. The molecule has 6 heteroatoms. The first-order valence-electron chi connectivity index (χ1n) is 4.42. The molecule has 2 heterocycles. The fourth-order valence-corrected chi connectivity index (χ4v) is 2.00. The zero-order valence-corrected chi connectivity index (χ0v) is 9.92. The van der Waals surface area contributed by atoms with Crippen LogP contribution in [0.3, 0.4) is 0 Å². The maximum Gasteiger partial charge on any atom is 0.156 e. The van der Waals surface area contributed by atoms with Crippen molar-refractivity contribution >= 4 is 23.2 Å². The Labute approximate surface area is 97.4 Å². The van der Waals surface area contributed by atoms with E-state index < -0.39 is 0 Å². The van der Waals surface area contributed by atoms with E-state index in [-0.39, 0.29) is 0 Å². The summed E-state index contributed by atoms with van der Waals surface area (Å²) in [7, 11) is 1.86. The lowest BCUT2D eigenvalue weighted by atomic mass is 10.3. The van der Waals surface area contributed by atoms with Crippen LogP contribution in [-0.4, -0.2) is 19.6 Å². The van der Waals surface area contributed by atoms with Gasteiger partial charge in [0.15, 0.2) is 5.82 Å². The second-order valence-electron chi connectivity index (χ2n) is 3.25. The van der Waals surface area contributed by atoms with Crippen molar-refractivity contribution in [1.82, 2.24) is 19.6 Å². The minimum Gasteiger partial charge on any atom is -0.250 e. The molecule has 0 radical (unpaired) electrons. The number of hydrogen-bond donors (Lipinski definition) is 0. The molecular weight excluding hydrogens is 235 g/mol. The van der Waals surface area contributed by atoms with Gasteiger partial charge in [-0.1, -0.05) is 11.6 Å². The van der Waals surface area contributed by atoms with Crippen molar-refractivity contribution < 1.29 is 0 Å². The zero-order valence-electron chi connectivity index (χ0n) is 8.41. The van der Waals surface area contributed by atoms with Crippen molar-refractivity contribution in [3.05, 3.63) is 28.7 Å². The summed E-state index contributed by atoms with van der Waals surface area (Å²) in [5.74, 6) is 1.27. The molecule has 2 aromatic rings. The third kappa shape index (κ3) is 1.75. The van der Waals surface area contributed by atoms with Crippen LogP contribution in [0.25, 0.3) is 5.82 Å². The van der Waals surface area contributed by atoms with Crippen LogP contribution in [0.4, 0.5) is 0 Å². The molecule has 2 aromatic heterocycles. The van der Waals surface area contributed by atoms with Crippen LogP contribution in [0.15, 0.2) is 12.4 Å². The van der Waals surface area contributed by atoms with E-state index in [1.807, 2.05) is 14.0 Å². The number of nitrogens with zero attached hydrogens (tertiary/aromatic N) is 4. The molecule has 0 bridgehead atoms. The Morgan fingerprint density at radius 2 is 2.20 bits per heavy atom. The standard InChI is InChI=1S/C9H10Cl2N4/c1-6-8(3-10)9(14(2)13-6)15-5-7(11)4-12-15/h4-5H,3H2,1-2H3. The lowest BCUT2D eigenvalue weighted by molar-refractivity contribution is 0.692. The van der Waals surface area contributed by atoms with Crippen molar-refractivity contribution in [2.75, 3.05) is 0 Å². The third-order valence-corrected chi connectivity index (χ3v) is 2.68. The highest BCUT2D eigenvalue weighted by atomic mass is 35.5. The van der Waals surface area contributed by atoms with Crippen LogP contribution >= 0.6 is 23.2 Å². The largest absolute Gasteiger partial charge is 0.250 e. The van der Waals surface area contributed by atoms with E-state index in [9.17, 15) is 0 Å². The van der Waals surface area contributed by atoms with Crippen molar-refractivity contribution in [2.24, 2.45) is 7.05 Å². The summed E-state index contributed by atoms with van der Waals surface area (Å²) in [6, 6.07) is 0. The molecule has 0 spiro atoms. The summed E-state index contributed by atoms with van der Waals surface area (Å²) in [6.45, 7) is 1.92. The topological polar surface area (TPSA) is 35.6 Å². The van der Waals surface area contributed by atoms with Gasteiger partial charge in [0, 0.05) is 12.6 Å². The highest BCUT2D eigenvalue weighted by Crippen LogP contribution is 2.20.